The van der Waals surface area contributed by atoms with E-state index in [1.165, 1.54) is 11.3 Å². The summed E-state index contributed by atoms with van der Waals surface area (Å²) >= 11 is 1.51. The third-order valence-electron chi connectivity index (χ3n) is 3.32. The van der Waals surface area contributed by atoms with E-state index in [-0.39, 0.29) is 24.0 Å². The van der Waals surface area contributed by atoms with Gasteiger partial charge in [0.1, 0.15) is 0 Å². The summed E-state index contributed by atoms with van der Waals surface area (Å²) in [6, 6.07) is 1.90. The quantitative estimate of drug-likeness (QED) is 0.899. The summed E-state index contributed by atoms with van der Waals surface area (Å²) in [6.45, 7) is 4.53. The number of hydrogen-bond donors (Lipinski definition) is 1. The van der Waals surface area contributed by atoms with Gasteiger partial charge in [0, 0.05) is 42.8 Å². The van der Waals surface area contributed by atoms with Crippen molar-refractivity contribution in [2.75, 3.05) is 13.1 Å². The van der Waals surface area contributed by atoms with Crippen molar-refractivity contribution in [1.29, 1.82) is 0 Å². The van der Waals surface area contributed by atoms with Gasteiger partial charge >= 0.3 is 0 Å². The van der Waals surface area contributed by atoms with E-state index in [2.05, 4.69) is 9.88 Å². The lowest BCUT2D eigenvalue weighted by molar-refractivity contribution is 0.323. The molecule has 1 aliphatic rings. The molecule has 0 aliphatic carbocycles. The number of thiazole rings is 1. The molecule has 19 heavy (non-hydrogen) atoms. The molecule has 1 saturated heterocycles. The second-order valence-corrected chi connectivity index (χ2v) is 5.70. The van der Waals surface area contributed by atoms with Crippen molar-refractivity contribution in [2.45, 2.75) is 25.9 Å². The molecule has 0 radical (unpaired) electrons. The molecule has 3 heterocycles. The number of hydrogen-bond acceptors (Lipinski definition) is 5. The third kappa shape index (κ3) is 2.81. The van der Waals surface area contributed by atoms with E-state index in [0.29, 0.717) is 0 Å². The van der Waals surface area contributed by atoms with Gasteiger partial charge in [-0.15, -0.1) is 23.7 Å². The number of nitrogens with two attached hydrogens (primary N) is 1. The lowest BCUT2D eigenvalue weighted by Crippen LogP contribution is -2.27. The lowest BCUT2D eigenvalue weighted by Gasteiger charge is -2.14. The molecule has 2 aromatic heterocycles. The van der Waals surface area contributed by atoms with Crippen LogP contribution in [0.2, 0.25) is 0 Å². The van der Waals surface area contributed by atoms with Crippen LogP contribution in [0.5, 0.6) is 0 Å². The molecule has 3 rings (SSSR count). The summed E-state index contributed by atoms with van der Waals surface area (Å²) < 4.78 is 1.66. The minimum atomic E-state index is 0. The zero-order chi connectivity index (χ0) is 12.7. The molecule has 1 unspecified atom stereocenters. The molecular formula is C12H17ClN4OS. The molecule has 0 aromatic carbocycles. The first-order valence-electron chi connectivity index (χ1n) is 6.08. The van der Waals surface area contributed by atoms with Crippen LogP contribution in [0, 0.1) is 6.92 Å². The molecule has 104 valence electrons. The van der Waals surface area contributed by atoms with Crippen molar-refractivity contribution in [3.8, 4) is 0 Å². The maximum absolute atomic E-state index is 12.0. The van der Waals surface area contributed by atoms with Crippen molar-refractivity contribution in [3.63, 3.8) is 0 Å². The van der Waals surface area contributed by atoms with Gasteiger partial charge in [-0.25, -0.2) is 4.98 Å². The number of halogens is 1. The van der Waals surface area contributed by atoms with Gasteiger partial charge in [0.2, 0.25) is 0 Å². The minimum absolute atomic E-state index is 0. The van der Waals surface area contributed by atoms with Crippen molar-refractivity contribution in [3.05, 3.63) is 33.2 Å². The highest BCUT2D eigenvalue weighted by molar-refractivity contribution is 7.15. The first-order chi connectivity index (χ1) is 8.63. The van der Waals surface area contributed by atoms with Crippen LogP contribution in [-0.2, 0) is 6.54 Å². The van der Waals surface area contributed by atoms with Crippen LogP contribution in [0.25, 0.3) is 4.96 Å². The molecule has 0 spiro atoms. The molecule has 0 saturated carbocycles. The highest BCUT2D eigenvalue weighted by Crippen LogP contribution is 2.14. The lowest BCUT2D eigenvalue weighted by atomic mass is 10.3. The largest absolute Gasteiger partial charge is 0.326 e. The second-order valence-electron chi connectivity index (χ2n) is 4.86. The normalized spacial score (nSPS) is 19.8. The highest BCUT2D eigenvalue weighted by atomic mass is 35.5. The fourth-order valence-electron chi connectivity index (χ4n) is 2.42. The minimum Gasteiger partial charge on any atom is -0.326 e. The molecule has 1 aliphatic heterocycles. The number of aromatic nitrogens is 2. The molecule has 5 nitrogen and oxygen atoms in total. The molecule has 7 heteroatoms. The highest BCUT2D eigenvalue weighted by Gasteiger charge is 2.19. The first-order valence-corrected chi connectivity index (χ1v) is 6.96. The van der Waals surface area contributed by atoms with Crippen LogP contribution in [0.1, 0.15) is 17.8 Å². The van der Waals surface area contributed by atoms with Gasteiger partial charge in [-0.05, 0) is 13.3 Å². The summed E-state index contributed by atoms with van der Waals surface area (Å²) in [6.07, 6.45) is 1.03. The second kappa shape index (κ2) is 5.58. The van der Waals surface area contributed by atoms with Crippen LogP contribution in [0.4, 0.5) is 0 Å². The van der Waals surface area contributed by atoms with Gasteiger partial charge in [0.05, 0.1) is 5.69 Å². The van der Waals surface area contributed by atoms with Gasteiger partial charge < -0.3 is 5.73 Å². The Hall–Kier alpha value is -0.950. The maximum atomic E-state index is 12.0. The Labute approximate surface area is 121 Å². The first kappa shape index (κ1) is 14.5. The van der Waals surface area contributed by atoms with E-state index in [9.17, 15) is 4.79 Å². The summed E-state index contributed by atoms with van der Waals surface area (Å²) in [5.74, 6) is 0. The van der Waals surface area contributed by atoms with Crippen LogP contribution < -0.4 is 11.3 Å². The Morgan fingerprint density at radius 2 is 2.37 bits per heavy atom. The Bertz CT molecular complexity index is 638. The van der Waals surface area contributed by atoms with E-state index in [4.69, 9.17) is 5.73 Å². The molecular weight excluding hydrogens is 284 g/mol. The number of fused-ring (bicyclic) bond motifs is 1. The van der Waals surface area contributed by atoms with Crippen LogP contribution in [0.3, 0.4) is 0 Å². The van der Waals surface area contributed by atoms with Gasteiger partial charge in [0.15, 0.2) is 4.96 Å². The van der Waals surface area contributed by atoms with E-state index in [1.807, 2.05) is 12.3 Å². The smallest absolute Gasteiger partial charge is 0.259 e. The predicted molar refractivity (Wildman–Crippen MR) is 79.2 cm³/mol. The van der Waals surface area contributed by atoms with Crippen LogP contribution >= 0.6 is 23.7 Å². The maximum Gasteiger partial charge on any atom is 0.259 e. The number of nitrogens with zero attached hydrogens (tertiary/aromatic N) is 3. The zero-order valence-corrected chi connectivity index (χ0v) is 12.3. The van der Waals surface area contributed by atoms with Crippen LogP contribution in [0.15, 0.2) is 16.2 Å². The SMILES string of the molecule is Cc1csc2nc(CN3CCC(N)C3)cc(=O)n12.Cl. The fourth-order valence-corrected chi connectivity index (χ4v) is 3.31. The van der Waals surface area contributed by atoms with Gasteiger partial charge in [0.25, 0.3) is 5.56 Å². The van der Waals surface area contributed by atoms with E-state index in [1.54, 1.807) is 10.5 Å². The van der Waals surface area contributed by atoms with Gasteiger partial charge in [-0.3, -0.25) is 14.1 Å². The van der Waals surface area contributed by atoms with Gasteiger partial charge in [-0.2, -0.15) is 0 Å². The van der Waals surface area contributed by atoms with Crippen molar-refractivity contribution in [2.24, 2.45) is 5.73 Å². The molecule has 2 aromatic rings. The Kier molecular flexibility index (Phi) is 4.25. The van der Waals surface area contributed by atoms with Gasteiger partial charge in [-0.1, -0.05) is 0 Å². The number of aryl methyl sites for hydroxylation is 1. The molecule has 2 N–H and O–H groups in total. The van der Waals surface area contributed by atoms with Crippen molar-refractivity contribution in [1.82, 2.24) is 14.3 Å². The molecule has 0 amide bonds. The standard InChI is InChI=1S/C12H16N4OS.ClH/c1-8-7-18-12-14-10(4-11(17)16(8)12)6-15-3-2-9(13)5-15;/h4,7,9H,2-3,5-6,13H2,1H3;1H. The average molecular weight is 301 g/mol. The Morgan fingerprint density at radius 1 is 1.58 bits per heavy atom. The summed E-state index contributed by atoms with van der Waals surface area (Å²) in [5.41, 5.74) is 7.68. The molecule has 1 atom stereocenters. The van der Waals surface area contributed by atoms with E-state index in [0.717, 1.165) is 42.4 Å². The van der Waals surface area contributed by atoms with Crippen molar-refractivity contribution < 1.29 is 0 Å². The average Bonchev–Trinajstić information content (AvgIpc) is 2.86. The number of rotatable bonds is 2. The summed E-state index contributed by atoms with van der Waals surface area (Å²) in [4.78, 5) is 19.6. The van der Waals surface area contributed by atoms with E-state index < -0.39 is 0 Å². The molecule has 1 fully saturated rings. The summed E-state index contributed by atoms with van der Waals surface area (Å²) in [5, 5.41) is 1.96. The topological polar surface area (TPSA) is 63.6 Å². The van der Waals surface area contributed by atoms with Crippen LogP contribution in [-0.4, -0.2) is 33.4 Å². The fraction of sp³-hybridized carbons (Fsp3) is 0.500. The Balaban J connectivity index is 0.00000133. The van der Waals surface area contributed by atoms with E-state index >= 15 is 0 Å². The number of likely N-dealkylation sites (tertiary alicyclic amines) is 1. The molecule has 0 bridgehead atoms. The Morgan fingerprint density at radius 3 is 3.05 bits per heavy atom. The monoisotopic (exact) mass is 300 g/mol. The predicted octanol–water partition coefficient (Wildman–Crippen LogP) is 1.02. The summed E-state index contributed by atoms with van der Waals surface area (Å²) in [7, 11) is 0. The van der Waals surface area contributed by atoms with Crippen molar-refractivity contribution >= 4 is 28.7 Å². The zero-order valence-electron chi connectivity index (χ0n) is 10.7. The third-order valence-corrected chi connectivity index (χ3v) is 4.27.